The molecule has 4 heteroatoms. The van der Waals surface area contributed by atoms with E-state index in [-0.39, 0.29) is 5.78 Å². The summed E-state index contributed by atoms with van der Waals surface area (Å²) >= 11 is 3.33. The lowest BCUT2D eigenvalue weighted by Gasteiger charge is -2.10. The predicted molar refractivity (Wildman–Crippen MR) is 66.1 cm³/mol. The molecule has 0 saturated carbocycles. The number of ether oxygens (including phenoxy) is 2. The van der Waals surface area contributed by atoms with Crippen LogP contribution in [-0.2, 0) is 4.74 Å². The van der Waals surface area contributed by atoms with Crippen molar-refractivity contribution in [3.63, 3.8) is 0 Å². The van der Waals surface area contributed by atoms with Crippen LogP contribution in [0.5, 0.6) is 5.75 Å². The van der Waals surface area contributed by atoms with E-state index in [1.165, 1.54) is 6.92 Å². The molecular formula is C12H15BrO3. The molecule has 3 nitrogen and oxygen atoms in total. The molecular weight excluding hydrogens is 272 g/mol. The highest BCUT2D eigenvalue weighted by Crippen LogP contribution is 2.23. The van der Waals surface area contributed by atoms with Crippen LogP contribution < -0.4 is 4.74 Å². The van der Waals surface area contributed by atoms with Crippen molar-refractivity contribution in [3.05, 3.63) is 28.2 Å². The number of rotatable bonds is 6. The highest BCUT2D eigenvalue weighted by Gasteiger charge is 2.08. The Morgan fingerprint density at radius 2 is 2.12 bits per heavy atom. The summed E-state index contributed by atoms with van der Waals surface area (Å²) in [5, 5.41) is 0. The topological polar surface area (TPSA) is 35.5 Å². The van der Waals surface area contributed by atoms with Crippen LogP contribution in [-0.4, -0.2) is 25.6 Å². The van der Waals surface area contributed by atoms with Crippen molar-refractivity contribution < 1.29 is 14.3 Å². The van der Waals surface area contributed by atoms with Gasteiger partial charge in [-0.05, 0) is 32.0 Å². The van der Waals surface area contributed by atoms with Gasteiger partial charge in [0.2, 0.25) is 0 Å². The van der Waals surface area contributed by atoms with Gasteiger partial charge in [-0.3, -0.25) is 4.79 Å². The van der Waals surface area contributed by atoms with Gasteiger partial charge >= 0.3 is 0 Å². The minimum Gasteiger partial charge on any atom is -0.490 e. The van der Waals surface area contributed by atoms with E-state index in [1.807, 2.05) is 13.0 Å². The molecule has 0 N–H and O–H groups in total. The van der Waals surface area contributed by atoms with E-state index >= 15 is 0 Å². The minimum atomic E-state index is -0.00675. The van der Waals surface area contributed by atoms with Gasteiger partial charge in [-0.2, -0.15) is 0 Å². The van der Waals surface area contributed by atoms with Gasteiger partial charge in [-0.1, -0.05) is 15.9 Å². The van der Waals surface area contributed by atoms with Crippen molar-refractivity contribution in [1.29, 1.82) is 0 Å². The molecule has 0 aliphatic heterocycles. The van der Waals surface area contributed by atoms with E-state index in [0.29, 0.717) is 31.1 Å². The monoisotopic (exact) mass is 286 g/mol. The quantitative estimate of drug-likeness (QED) is 0.596. The van der Waals surface area contributed by atoms with Gasteiger partial charge in [0.1, 0.15) is 12.4 Å². The summed E-state index contributed by atoms with van der Waals surface area (Å²) in [6.07, 6.45) is 0. The molecule has 0 aliphatic carbocycles. The van der Waals surface area contributed by atoms with E-state index in [0.717, 1.165) is 4.47 Å². The number of carbonyl (C=O) groups is 1. The van der Waals surface area contributed by atoms with Crippen LogP contribution >= 0.6 is 15.9 Å². The van der Waals surface area contributed by atoms with Gasteiger partial charge in [0, 0.05) is 11.1 Å². The molecule has 0 amide bonds. The third kappa shape index (κ3) is 3.94. The molecule has 0 radical (unpaired) electrons. The number of halogens is 1. The van der Waals surface area contributed by atoms with Gasteiger partial charge in [-0.25, -0.2) is 0 Å². The summed E-state index contributed by atoms with van der Waals surface area (Å²) < 4.78 is 11.5. The lowest BCUT2D eigenvalue weighted by atomic mass is 10.1. The van der Waals surface area contributed by atoms with Crippen molar-refractivity contribution in [2.75, 3.05) is 19.8 Å². The first kappa shape index (κ1) is 13.2. The summed E-state index contributed by atoms with van der Waals surface area (Å²) in [4.78, 5) is 11.4. The largest absolute Gasteiger partial charge is 0.490 e. The molecule has 0 atom stereocenters. The van der Waals surface area contributed by atoms with Gasteiger partial charge in [-0.15, -0.1) is 0 Å². The summed E-state index contributed by atoms with van der Waals surface area (Å²) in [5.41, 5.74) is 0.589. The molecule has 1 rings (SSSR count). The fraction of sp³-hybridized carbons (Fsp3) is 0.417. The third-order valence-corrected chi connectivity index (χ3v) is 2.50. The Morgan fingerprint density at radius 1 is 1.38 bits per heavy atom. The first-order chi connectivity index (χ1) is 7.65. The van der Waals surface area contributed by atoms with Crippen LogP contribution in [0.4, 0.5) is 0 Å². The first-order valence-corrected chi connectivity index (χ1v) is 5.95. The third-order valence-electron chi connectivity index (χ3n) is 2.01. The normalized spacial score (nSPS) is 10.2. The Kier molecular flexibility index (Phi) is 5.49. The second kappa shape index (κ2) is 6.66. The standard InChI is InChI=1S/C12H15BrO3/c1-3-15-6-7-16-12-5-4-10(13)8-11(12)9(2)14/h4-5,8H,3,6-7H2,1-2H3. The number of Topliss-reactive ketones (excluding diaryl/α,β-unsaturated/α-hetero) is 1. The first-order valence-electron chi connectivity index (χ1n) is 5.16. The molecule has 1 aromatic rings. The average molecular weight is 287 g/mol. The summed E-state index contributed by atoms with van der Waals surface area (Å²) in [6.45, 7) is 5.11. The second-order valence-corrected chi connectivity index (χ2v) is 4.16. The van der Waals surface area contributed by atoms with E-state index < -0.39 is 0 Å². The lowest BCUT2D eigenvalue weighted by Crippen LogP contribution is -2.08. The number of hydrogen-bond donors (Lipinski definition) is 0. The molecule has 0 bridgehead atoms. The number of carbonyl (C=O) groups excluding carboxylic acids is 1. The van der Waals surface area contributed by atoms with Crippen molar-refractivity contribution >= 4 is 21.7 Å². The fourth-order valence-electron chi connectivity index (χ4n) is 1.26. The van der Waals surface area contributed by atoms with Crippen LogP contribution in [0, 0.1) is 0 Å². The van der Waals surface area contributed by atoms with Crippen molar-refractivity contribution in [3.8, 4) is 5.75 Å². The molecule has 16 heavy (non-hydrogen) atoms. The van der Waals surface area contributed by atoms with Gasteiger partial charge in [0.25, 0.3) is 0 Å². The number of hydrogen-bond acceptors (Lipinski definition) is 3. The van der Waals surface area contributed by atoms with Crippen LogP contribution in [0.1, 0.15) is 24.2 Å². The Morgan fingerprint density at radius 3 is 2.75 bits per heavy atom. The van der Waals surface area contributed by atoms with Crippen molar-refractivity contribution in [2.24, 2.45) is 0 Å². The maximum absolute atomic E-state index is 11.4. The van der Waals surface area contributed by atoms with Gasteiger partial charge < -0.3 is 9.47 Å². The minimum absolute atomic E-state index is 0.00675. The Hall–Kier alpha value is -0.870. The molecule has 0 saturated heterocycles. The van der Waals surface area contributed by atoms with Crippen LogP contribution in [0.3, 0.4) is 0 Å². The van der Waals surface area contributed by atoms with Gasteiger partial charge in [0.05, 0.1) is 12.2 Å². The molecule has 0 aromatic heterocycles. The highest BCUT2D eigenvalue weighted by molar-refractivity contribution is 9.10. The summed E-state index contributed by atoms with van der Waals surface area (Å²) in [7, 11) is 0. The second-order valence-electron chi connectivity index (χ2n) is 3.24. The molecule has 0 unspecified atom stereocenters. The summed E-state index contributed by atoms with van der Waals surface area (Å²) in [5.74, 6) is 0.600. The smallest absolute Gasteiger partial charge is 0.163 e. The van der Waals surface area contributed by atoms with Crippen molar-refractivity contribution in [2.45, 2.75) is 13.8 Å². The molecule has 1 aromatic carbocycles. The fourth-order valence-corrected chi connectivity index (χ4v) is 1.62. The Bertz CT molecular complexity index is 363. The molecule has 0 fully saturated rings. The van der Waals surface area contributed by atoms with Crippen LogP contribution in [0.2, 0.25) is 0 Å². The number of benzene rings is 1. The maximum atomic E-state index is 11.4. The van der Waals surface area contributed by atoms with Gasteiger partial charge in [0.15, 0.2) is 5.78 Å². The zero-order valence-corrected chi connectivity index (χ0v) is 11.0. The SMILES string of the molecule is CCOCCOc1ccc(Br)cc1C(C)=O. The Balaban J connectivity index is 2.67. The average Bonchev–Trinajstić information content (AvgIpc) is 2.26. The number of ketones is 1. The molecule has 88 valence electrons. The highest BCUT2D eigenvalue weighted by atomic mass is 79.9. The van der Waals surface area contributed by atoms with E-state index in [4.69, 9.17) is 9.47 Å². The van der Waals surface area contributed by atoms with E-state index in [1.54, 1.807) is 12.1 Å². The molecule has 0 spiro atoms. The van der Waals surface area contributed by atoms with Crippen molar-refractivity contribution in [1.82, 2.24) is 0 Å². The zero-order chi connectivity index (χ0) is 12.0. The summed E-state index contributed by atoms with van der Waals surface area (Å²) in [6, 6.07) is 5.40. The predicted octanol–water partition coefficient (Wildman–Crippen LogP) is 3.07. The van der Waals surface area contributed by atoms with Crippen LogP contribution in [0.15, 0.2) is 22.7 Å². The van der Waals surface area contributed by atoms with E-state index in [2.05, 4.69) is 15.9 Å². The maximum Gasteiger partial charge on any atom is 0.163 e. The van der Waals surface area contributed by atoms with E-state index in [9.17, 15) is 4.79 Å². The van der Waals surface area contributed by atoms with Crippen LogP contribution in [0.25, 0.3) is 0 Å². The lowest BCUT2D eigenvalue weighted by molar-refractivity contribution is 0.0990. The molecule has 0 aliphatic rings. The Labute approximate surface area is 104 Å². The molecule has 0 heterocycles. The zero-order valence-electron chi connectivity index (χ0n) is 9.46.